The van der Waals surface area contributed by atoms with Crippen molar-refractivity contribution in [2.75, 3.05) is 25.0 Å². The molecule has 0 bridgehead atoms. The summed E-state index contributed by atoms with van der Waals surface area (Å²) in [6.45, 7) is 8.76. The zero-order chi connectivity index (χ0) is 26.3. The van der Waals surface area contributed by atoms with E-state index in [9.17, 15) is 4.79 Å². The first-order valence-corrected chi connectivity index (χ1v) is 10.3. The number of amides is 1. The standard InChI is InChI=1S/C16H20N6O.C4H10O.2CO2/c1-11-5-8-22(14(23)3-6-17)9-13(11)21(2)16-12-4-7-18-15(12)19-10-20-16;1-4(2,3)5;2*2-1-3/h4,7,10-11,13H,3,5,8-9H2,1-2H3,(H,18,19,20);5H,1-3H3;;/t11-,13+;;;/m1.../s1. The molecule has 1 fully saturated rings. The fourth-order valence-corrected chi connectivity index (χ4v) is 3.26. The van der Waals surface area contributed by atoms with E-state index in [0.717, 1.165) is 29.8 Å². The second-order valence-electron chi connectivity index (χ2n) is 8.39. The average molecular weight is 475 g/mol. The number of nitrogens with zero attached hydrogens (tertiary/aromatic N) is 5. The van der Waals surface area contributed by atoms with Crippen molar-refractivity contribution < 1.29 is 29.1 Å². The Morgan fingerprint density at radius 3 is 2.35 bits per heavy atom. The summed E-state index contributed by atoms with van der Waals surface area (Å²) in [6, 6.07) is 4.07. The maximum absolute atomic E-state index is 12.0. The Bertz CT molecular complexity index is 995. The van der Waals surface area contributed by atoms with Gasteiger partial charge in [-0.2, -0.15) is 24.4 Å². The lowest BCUT2D eigenvalue weighted by Crippen LogP contribution is -2.52. The van der Waals surface area contributed by atoms with E-state index in [1.807, 2.05) is 25.4 Å². The molecule has 2 aromatic heterocycles. The van der Waals surface area contributed by atoms with Crippen LogP contribution in [0.15, 0.2) is 18.6 Å². The number of H-pyrrole nitrogens is 1. The van der Waals surface area contributed by atoms with Crippen molar-refractivity contribution in [1.82, 2.24) is 19.9 Å². The van der Waals surface area contributed by atoms with E-state index in [0.29, 0.717) is 12.5 Å². The summed E-state index contributed by atoms with van der Waals surface area (Å²) in [6.07, 6.45) is 4.77. The van der Waals surface area contributed by atoms with Gasteiger partial charge in [0.25, 0.3) is 0 Å². The number of aromatic nitrogens is 3. The lowest BCUT2D eigenvalue weighted by molar-refractivity contribution is -0.193. The van der Waals surface area contributed by atoms with Crippen molar-refractivity contribution in [3.63, 3.8) is 0 Å². The number of rotatable bonds is 3. The van der Waals surface area contributed by atoms with Crippen LogP contribution in [0.1, 0.15) is 40.5 Å². The highest BCUT2D eigenvalue weighted by Crippen LogP contribution is 2.28. The topological polar surface area (TPSA) is 177 Å². The van der Waals surface area contributed by atoms with E-state index in [1.165, 1.54) is 0 Å². The van der Waals surface area contributed by atoms with Gasteiger partial charge in [0.1, 0.15) is 24.2 Å². The number of aliphatic hydroxyl groups is 1. The highest BCUT2D eigenvalue weighted by molar-refractivity contribution is 5.87. The molecule has 0 saturated carbocycles. The van der Waals surface area contributed by atoms with E-state index in [-0.39, 0.29) is 30.7 Å². The molecule has 2 N–H and O–H groups in total. The van der Waals surface area contributed by atoms with Crippen molar-refractivity contribution in [3.05, 3.63) is 18.6 Å². The molecule has 12 nitrogen and oxygen atoms in total. The van der Waals surface area contributed by atoms with Gasteiger partial charge >= 0.3 is 12.3 Å². The van der Waals surface area contributed by atoms with Gasteiger partial charge in [0, 0.05) is 26.3 Å². The van der Waals surface area contributed by atoms with Crippen LogP contribution in [0.4, 0.5) is 5.82 Å². The molecule has 1 aliphatic heterocycles. The Hall–Kier alpha value is -3.90. The first-order chi connectivity index (χ1) is 15.9. The van der Waals surface area contributed by atoms with Crippen molar-refractivity contribution in [1.29, 1.82) is 5.26 Å². The molecule has 1 aliphatic rings. The molecule has 0 aromatic carbocycles. The zero-order valence-corrected chi connectivity index (χ0v) is 19.9. The third-order valence-corrected chi connectivity index (χ3v) is 4.67. The first kappa shape index (κ1) is 30.1. The Labute approximate surface area is 197 Å². The predicted octanol–water partition coefficient (Wildman–Crippen LogP) is 1.15. The van der Waals surface area contributed by atoms with Gasteiger partial charge in [-0.3, -0.25) is 4.79 Å². The molecular formula is C22H30N6O6. The molecular weight excluding hydrogens is 444 g/mol. The van der Waals surface area contributed by atoms with Gasteiger partial charge in [0.15, 0.2) is 0 Å². The number of hydrogen-bond donors (Lipinski definition) is 2. The molecule has 1 saturated heterocycles. The van der Waals surface area contributed by atoms with Gasteiger partial charge in [-0.1, -0.05) is 6.92 Å². The maximum atomic E-state index is 12.0. The SMILES string of the molecule is CC(C)(C)O.C[C@@H]1CCN(C(=O)CC#N)C[C@@H]1N(C)c1ncnc2[nH]ccc12.O=C=O.O=C=O. The fraction of sp³-hybridized carbons (Fsp3) is 0.545. The number of likely N-dealkylation sites (N-methyl/N-ethyl adjacent to an activating group) is 1. The summed E-state index contributed by atoms with van der Waals surface area (Å²) < 4.78 is 0. The molecule has 12 heteroatoms. The first-order valence-electron chi connectivity index (χ1n) is 10.3. The number of fused-ring (bicyclic) bond motifs is 1. The number of carbonyl (C=O) groups excluding carboxylic acids is 5. The summed E-state index contributed by atoms with van der Waals surface area (Å²) >= 11 is 0. The summed E-state index contributed by atoms with van der Waals surface area (Å²) in [5.74, 6) is 1.21. The molecule has 184 valence electrons. The number of carbonyl (C=O) groups is 1. The molecule has 0 aliphatic carbocycles. The zero-order valence-electron chi connectivity index (χ0n) is 19.9. The van der Waals surface area contributed by atoms with Gasteiger partial charge in [-0.25, -0.2) is 9.97 Å². The lowest BCUT2D eigenvalue weighted by atomic mass is 9.92. The predicted molar refractivity (Wildman–Crippen MR) is 119 cm³/mol. The Kier molecular flexibility index (Phi) is 13.3. The van der Waals surface area contributed by atoms with Crippen LogP contribution in [0.25, 0.3) is 11.0 Å². The second-order valence-corrected chi connectivity index (χ2v) is 8.39. The number of piperidine rings is 1. The van der Waals surface area contributed by atoms with Crippen LogP contribution in [0.3, 0.4) is 0 Å². The molecule has 0 spiro atoms. The second kappa shape index (κ2) is 15.0. The van der Waals surface area contributed by atoms with Crippen molar-refractivity contribution in [2.24, 2.45) is 5.92 Å². The van der Waals surface area contributed by atoms with E-state index < -0.39 is 5.60 Å². The maximum Gasteiger partial charge on any atom is 0.373 e. The highest BCUT2D eigenvalue weighted by Gasteiger charge is 2.32. The number of anilines is 1. The van der Waals surface area contributed by atoms with Crippen LogP contribution in [-0.4, -0.2) is 74.9 Å². The Morgan fingerprint density at radius 1 is 1.26 bits per heavy atom. The monoisotopic (exact) mass is 474 g/mol. The minimum absolute atomic E-state index is 0.0552. The fourth-order valence-electron chi connectivity index (χ4n) is 3.26. The quantitative estimate of drug-likeness (QED) is 0.656. The molecule has 2 aromatic rings. The van der Waals surface area contributed by atoms with Gasteiger partial charge in [0.05, 0.1) is 23.1 Å². The molecule has 3 heterocycles. The summed E-state index contributed by atoms with van der Waals surface area (Å²) in [5, 5.41) is 18.2. The van der Waals surface area contributed by atoms with Crippen molar-refractivity contribution in [3.8, 4) is 6.07 Å². The number of aromatic amines is 1. The number of nitrogens with one attached hydrogen (secondary N) is 1. The van der Waals surface area contributed by atoms with Crippen molar-refractivity contribution >= 4 is 35.1 Å². The van der Waals surface area contributed by atoms with Crippen LogP contribution < -0.4 is 4.90 Å². The third-order valence-electron chi connectivity index (χ3n) is 4.67. The van der Waals surface area contributed by atoms with Crippen LogP contribution >= 0.6 is 0 Å². The molecule has 2 atom stereocenters. The minimum Gasteiger partial charge on any atom is -0.391 e. The summed E-state index contributed by atoms with van der Waals surface area (Å²) in [5.41, 5.74) is 0.308. The van der Waals surface area contributed by atoms with Crippen LogP contribution in [0.5, 0.6) is 0 Å². The van der Waals surface area contributed by atoms with Crippen molar-refractivity contribution in [2.45, 2.75) is 52.2 Å². The normalized spacial score (nSPS) is 16.6. The summed E-state index contributed by atoms with van der Waals surface area (Å²) in [4.78, 5) is 60.2. The van der Waals surface area contributed by atoms with Crippen LogP contribution in [0, 0.1) is 17.2 Å². The summed E-state index contributed by atoms with van der Waals surface area (Å²) in [7, 11) is 2.01. The molecule has 34 heavy (non-hydrogen) atoms. The molecule has 3 rings (SSSR count). The van der Waals surface area contributed by atoms with Gasteiger partial charge in [0.2, 0.25) is 5.91 Å². The van der Waals surface area contributed by atoms with Gasteiger partial charge in [-0.15, -0.1) is 0 Å². The van der Waals surface area contributed by atoms with E-state index in [2.05, 4.69) is 26.8 Å². The number of nitriles is 1. The highest BCUT2D eigenvalue weighted by atomic mass is 16.3. The molecule has 0 unspecified atom stereocenters. The van der Waals surface area contributed by atoms with Gasteiger partial charge in [-0.05, 0) is 39.2 Å². The smallest absolute Gasteiger partial charge is 0.373 e. The van der Waals surface area contributed by atoms with E-state index in [4.69, 9.17) is 29.5 Å². The molecule has 1 amide bonds. The van der Waals surface area contributed by atoms with Crippen LogP contribution in [0.2, 0.25) is 0 Å². The third kappa shape index (κ3) is 10.6. The number of likely N-dealkylation sites (tertiary alicyclic amines) is 1. The molecule has 0 radical (unpaired) electrons. The van der Waals surface area contributed by atoms with E-state index >= 15 is 0 Å². The number of hydrogen-bond acceptors (Lipinski definition) is 10. The lowest BCUT2D eigenvalue weighted by Gasteiger charge is -2.42. The minimum atomic E-state index is -0.500. The Morgan fingerprint density at radius 2 is 1.82 bits per heavy atom. The van der Waals surface area contributed by atoms with E-state index in [1.54, 1.807) is 32.0 Å². The largest absolute Gasteiger partial charge is 0.391 e. The Balaban J connectivity index is 0.000000838. The van der Waals surface area contributed by atoms with Crippen LogP contribution in [-0.2, 0) is 24.0 Å². The average Bonchev–Trinajstić information content (AvgIpc) is 3.23. The van der Waals surface area contributed by atoms with Gasteiger partial charge < -0.3 is 19.9 Å².